The molecule has 1 aliphatic rings. The molecule has 0 unspecified atom stereocenters. The number of amides is 1. The number of nitrogens with zero attached hydrogens (tertiary/aromatic N) is 4. The van der Waals surface area contributed by atoms with Crippen molar-refractivity contribution in [2.45, 2.75) is 36.0 Å². The summed E-state index contributed by atoms with van der Waals surface area (Å²) in [5, 5.41) is 8.19. The predicted molar refractivity (Wildman–Crippen MR) is 138 cm³/mol. The van der Waals surface area contributed by atoms with Gasteiger partial charge in [-0.2, -0.15) is 0 Å². The third-order valence-electron chi connectivity index (χ3n) is 5.16. The van der Waals surface area contributed by atoms with E-state index in [-0.39, 0.29) is 18.2 Å². The molecule has 3 heterocycles. The Kier molecular flexibility index (Phi) is 7.20. The molecule has 1 fully saturated rings. The number of methoxy groups -OCH3 is 1. The number of carbonyl (C=O) groups is 1. The number of fused-ring (bicyclic) bond motifs is 1. The Morgan fingerprint density at radius 3 is 2.74 bits per heavy atom. The highest BCUT2D eigenvalue weighted by atomic mass is 32.2. The lowest BCUT2D eigenvalue weighted by Crippen LogP contribution is -2.25. The summed E-state index contributed by atoms with van der Waals surface area (Å²) in [6.07, 6.45) is 4.57. The Morgan fingerprint density at radius 1 is 1.14 bits per heavy atom. The van der Waals surface area contributed by atoms with Gasteiger partial charge in [-0.05, 0) is 48.7 Å². The van der Waals surface area contributed by atoms with Gasteiger partial charge in [0.2, 0.25) is 5.88 Å². The summed E-state index contributed by atoms with van der Waals surface area (Å²) < 4.78 is 5.17. The van der Waals surface area contributed by atoms with E-state index in [1.165, 1.54) is 29.1 Å². The quantitative estimate of drug-likeness (QED) is 0.236. The van der Waals surface area contributed by atoms with Gasteiger partial charge in [0.15, 0.2) is 11.7 Å². The number of thiazole rings is 1. The van der Waals surface area contributed by atoms with Gasteiger partial charge in [0.05, 0.1) is 12.8 Å². The minimum absolute atomic E-state index is 0.166. The molecule has 0 saturated heterocycles. The van der Waals surface area contributed by atoms with E-state index in [0.29, 0.717) is 27.8 Å². The van der Waals surface area contributed by atoms with E-state index in [9.17, 15) is 4.79 Å². The molecule has 1 amide bonds. The van der Waals surface area contributed by atoms with Crippen LogP contribution in [0.3, 0.4) is 0 Å². The van der Waals surface area contributed by atoms with Crippen molar-refractivity contribution >= 4 is 50.2 Å². The lowest BCUT2D eigenvalue weighted by Gasteiger charge is -2.08. The molecule has 178 valence electrons. The Labute approximate surface area is 210 Å². The molecular formula is C25H23N5O3S2. The number of thioether (sulfide) groups is 1. The van der Waals surface area contributed by atoms with E-state index < -0.39 is 0 Å². The molecule has 0 aliphatic heterocycles. The highest BCUT2D eigenvalue weighted by Gasteiger charge is 2.22. The summed E-state index contributed by atoms with van der Waals surface area (Å²) in [7, 11) is 1.56. The van der Waals surface area contributed by atoms with Crippen LogP contribution in [0, 0.1) is 0 Å². The number of anilines is 1. The number of hydrogen-bond acceptors (Lipinski definition) is 9. The van der Waals surface area contributed by atoms with Gasteiger partial charge in [-0.1, -0.05) is 34.7 Å². The summed E-state index contributed by atoms with van der Waals surface area (Å²) >= 11 is 3.17. The van der Waals surface area contributed by atoms with Crippen LogP contribution in [-0.4, -0.2) is 38.9 Å². The summed E-state index contributed by atoms with van der Waals surface area (Å²) in [5.41, 5.74) is 2.62. The number of oxime groups is 1. The van der Waals surface area contributed by atoms with Crippen LogP contribution < -0.4 is 10.1 Å². The van der Waals surface area contributed by atoms with Crippen molar-refractivity contribution in [2.24, 2.45) is 5.16 Å². The summed E-state index contributed by atoms with van der Waals surface area (Å²) in [4.78, 5) is 33.6. The van der Waals surface area contributed by atoms with Gasteiger partial charge < -0.3 is 9.57 Å². The molecule has 0 radical (unpaired) electrons. The number of rotatable bonds is 10. The van der Waals surface area contributed by atoms with E-state index in [4.69, 9.17) is 9.57 Å². The summed E-state index contributed by atoms with van der Waals surface area (Å²) in [6.45, 7) is 0.166. The number of ether oxygens (including phenoxy) is 1. The minimum Gasteiger partial charge on any atom is -0.481 e. The first-order valence-electron chi connectivity index (χ1n) is 11.1. The van der Waals surface area contributed by atoms with E-state index >= 15 is 0 Å². The second kappa shape index (κ2) is 10.8. The molecule has 1 aliphatic carbocycles. The van der Waals surface area contributed by atoms with Crippen molar-refractivity contribution in [3.05, 3.63) is 72.1 Å². The lowest BCUT2D eigenvalue weighted by molar-refractivity contribution is -0.110. The van der Waals surface area contributed by atoms with Crippen molar-refractivity contribution in [2.75, 3.05) is 12.4 Å². The van der Waals surface area contributed by atoms with Crippen molar-refractivity contribution in [3.63, 3.8) is 0 Å². The van der Waals surface area contributed by atoms with Gasteiger partial charge in [-0.15, -0.1) is 11.8 Å². The van der Waals surface area contributed by atoms with Crippen molar-refractivity contribution < 1.29 is 14.4 Å². The molecule has 5 rings (SSSR count). The fourth-order valence-electron chi connectivity index (χ4n) is 3.21. The maximum absolute atomic E-state index is 13.2. The molecule has 0 spiro atoms. The molecule has 0 bridgehead atoms. The molecular weight excluding hydrogens is 482 g/mol. The molecule has 3 aromatic heterocycles. The summed E-state index contributed by atoms with van der Waals surface area (Å²) in [5.74, 6) is 0.112. The monoisotopic (exact) mass is 505 g/mol. The van der Waals surface area contributed by atoms with Crippen LogP contribution in [0.25, 0.3) is 10.3 Å². The molecule has 1 N–H and O–H groups in total. The average Bonchev–Trinajstić information content (AvgIpc) is 3.61. The number of pyridine rings is 2. The Balaban J connectivity index is 1.31. The Bertz CT molecular complexity index is 1340. The van der Waals surface area contributed by atoms with E-state index in [2.05, 4.69) is 37.6 Å². The number of hydrogen-bond donors (Lipinski definition) is 1. The van der Waals surface area contributed by atoms with Gasteiger partial charge in [0.1, 0.15) is 16.1 Å². The molecule has 8 nitrogen and oxygen atoms in total. The third-order valence-corrected chi connectivity index (χ3v) is 7.39. The summed E-state index contributed by atoms with van der Waals surface area (Å²) in [6, 6.07) is 17.3. The second-order valence-electron chi connectivity index (χ2n) is 7.92. The maximum Gasteiger partial charge on any atom is 0.275 e. The van der Waals surface area contributed by atoms with Crippen LogP contribution in [0.15, 0.2) is 70.8 Å². The van der Waals surface area contributed by atoms with Crippen molar-refractivity contribution in [1.82, 2.24) is 15.0 Å². The van der Waals surface area contributed by atoms with Crippen molar-refractivity contribution in [1.29, 1.82) is 0 Å². The number of nitrogens with one attached hydrogen (secondary N) is 1. The van der Waals surface area contributed by atoms with E-state index in [0.717, 1.165) is 16.5 Å². The molecule has 1 saturated carbocycles. The largest absolute Gasteiger partial charge is 0.481 e. The highest BCUT2D eigenvalue weighted by Crippen LogP contribution is 2.39. The van der Waals surface area contributed by atoms with Crippen molar-refractivity contribution in [3.8, 4) is 5.88 Å². The van der Waals surface area contributed by atoms with E-state index in [1.54, 1.807) is 25.4 Å². The smallest absolute Gasteiger partial charge is 0.275 e. The maximum atomic E-state index is 13.2. The minimum atomic E-state index is -0.381. The zero-order chi connectivity index (χ0) is 24.0. The first-order valence-corrected chi connectivity index (χ1v) is 12.8. The van der Waals surface area contributed by atoms with Crippen LogP contribution in [0.1, 0.15) is 24.1 Å². The first kappa shape index (κ1) is 23.3. The molecule has 35 heavy (non-hydrogen) atoms. The Morgan fingerprint density at radius 2 is 2.00 bits per heavy atom. The Hall–Kier alpha value is -3.50. The molecule has 10 heteroatoms. The van der Waals surface area contributed by atoms with Crippen LogP contribution in [0.4, 0.5) is 5.13 Å². The molecule has 4 aromatic rings. The van der Waals surface area contributed by atoms with Crippen LogP contribution in [0.2, 0.25) is 0 Å². The SMILES string of the molecule is COc1ccc2nc(NC(=O)/C(Cc3ccc(SC4CC4)cc3)=N/OCc3ccccn3)sc2n1. The third kappa shape index (κ3) is 6.34. The van der Waals surface area contributed by atoms with Gasteiger partial charge in [0.25, 0.3) is 5.91 Å². The second-order valence-corrected chi connectivity index (χ2v) is 10.3. The van der Waals surface area contributed by atoms with Crippen LogP contribution >= 0.6 is 23.1 Å². The standard InChI is InChI=1S/C25H23N5O3S2/c1-32-22-12-11-20-24(28-22)35-25(27-20)29-23(31)21(30-33-15-17-4-2-3-13-26-17)14-16-5-7-18(8-6-16)34-19-9-10-19/h2-8,11-13,19H,9-10,14-15H2,1H3,(H,27,29,31)/b30-21+. The van der Waals surface area contributed by atoms with E-state index in [1.807, 2.05) is 42.1 Å². The van der Waals surface area contributed by atoms with Crippen LogP contribution in [0.5, 0.6) is 5.88 Å². The highest BCUT2D eigenvalue weighted by molar-refractivity contribution is 8.00. The van der Waals surface area contributed by atoms with Gasteiger partial charge in [0, 0.05) is 28.8 Å². The van der Waals surface area contributed by atoms with Crippen LogP contribution in [-0.2, 0) is 22.7 Å². The van der Waals surface area contributed by atoms with Gasteiger partial charge in [-0.3, -0.25) is 15.1 Å². The first-order chi connectivity index (χ1) is 17.2. The fraction of sp³-hybridized carbons (Fsp3) is 0.240. The number of benzene rings is 1. The lowest BCUT2D eigenvalue weighted by atomic mass is 10.1. The number of carbonyl (C=O) groups excluding carboxylic acids is 1. The number of aromatic nitrogens is 3. The van der Waals surface area contributed by atoms with Gasteiger partial charge in [-0.25, -0.2) is 9.97 Å². The average molecular weight is 506 g/mol. The topological polar surface area (TPSA) is 98.6 Å². The molecule has 1 aromatic carbocycles. The zero-order valence-electron chi connectivity index (χ0n) is 19.0. The molecule has 0 atom stereocenters. The zero-order valence-corrected chi connectivity index (χ0v) is 20.6. The normalized spacial score (nSPS) is 13.6. The van der Waals surface area contributed by atoms with Gasteiger partial charge >= 0.3 is 0 Å². The predicted octanol–water partition coefficient (Wildman–Crippen LogP) is 5.10. The fourth-order valence-corrected chi connectivity index (χ4v) is 5.08.